The molecule has 264 valence electrons. The zero-order valence-corrected chi connectivity index (χ0v) is 31.0. The Kier molecular flexibility index (Phi) is 7.00. The molecule has 11 aromatic rings. The lowest BCUT2D eigenvalue weighted by molar-refractivity contribution is 0.487. The molecule has 0 spiro atoms. The largest absolute Gasteiger partial charge is 0.456 e. The molecule has 0 amide bonds. The summed E-state index contributed by atoms with van der Waals surface area (Å²) in [4.78, 5) is 0. The number of rotatable bonds is 5. The summed E-state index contributed by atoms with van der Waals surface area (Å²) in [6, 6.07) is 75.3. The molecule has 11 aromatic carbocycles. The molecule has 0 radical (unpaired) electrons. The maximum Gasteiger partial charge on any atom is 0.135 e. The van der Waals surface area contributed by atoms with Gasteiger partial charge >= 0.3 is 0 Å². The van der Waals surface area contributed by atoms with Gasteiger partial charge in [0.05, 0.1) is 0 Å². The van der Waals surface area contributed by atoms with E-state index in [4.69, 9.17) is 4.74 Å². The maximum atomic E-state index is 6.63. The van der Waals surface area contributed by atoms with E-state index in [1.807, 2.05) is 0 Å². The molecule has 12 rings (SSSR count). The van der Waals surface area contributed by atoms with E-state index in [9.17, 15) is 0 Å². The lowest BCUT2D eigenvalue weighted by Gasteiger charge is -2.23. The second-order valence-corrected chi connectivity index (χ2v) is 15.2. The van der Waals surface area contributed by atoms with Crippen LogP contribution >= 0.6 is 0 Å². The molecule has 0 saturated heterocycles. The van der Waals surface area contributed by atoms with Crippen LogP contribution in [-0.2, 0) is 0 Å². The third kappa shape index (κ3) is 5.03. The van der Waals surface area contributed by atoms with Gasteiger partial charge in [-0.3, -0.25) is 0 Å². The number of benzene rings is 11. The molecule has 1 aliphatic rings. The lowest BCUT2D eigenvalue weighted by Crippen LogP contribution is -1.98. The van der Waals surface area contributed by atoms with Crippen LogP contribution in [0.25, 0.3) is 110 Å². The van der Waals surface area contributed by atoms with Crippen molar-refractivity contribution in [2.75, 3.05) is 0 Å². The van der Waals surface area contributed by atoms with Crippen molar-refractivity contribution in [2.45, 2.75) is 0 Å². The first-order valence-corrected chi connectivity index (χ1v) is 19.7. The summed E-state index contributed by atoms with van der Waals surface area (Å²) in [6.07, 6.45) is 0. The first kappa shape index (κ1) is 31.8. The average molecular weight is 723 g/mol. The third-order valence-electron chi connectivity index (χ3n) is 12.0. The van der Waals surface area contributed by atoms with Gasteiger partial charge in [0.25, 0.3) is 0 Å². The zero-order chi connectivity index (χ0) is 37.5. The summed E-state index contributed by atoms with van der Waals surface area (Å²) in [6.45, 7) is 0. The van der Waals surface area contributed by atoms with Crippen molar-refractivity contribution in [1.82, 2.24) is 0 Å². The molecule has 0 unspecified atom stereocenters. The number of hydrogen-bond donors (Lipinski definition) is 0. The third-order valence-corrected chi connectivity index (χ3v) is 12.0. The van der Waals surface area contributed by atoms with Crippen molar-refractivity contribution in [3.05, 3.63) is 206 Å². The SMILES string of the molecule is c1ccc(-c2ccc3c(c2)-c2cccc4c(-c5ccc(-c6ccccc6)c(-c6cc7ccc8ccc(-c9ccccc9)c9ccc(c6)c7c89)c5)ccc(c24)O3)cc1. The first-order chi connectivity index (χ1) is 28.2. The Hall–Kier alpha value is -7.48. The summed E-state index contributed by atoms with van der Waals surface area (Å²) in [5.74, 6) is 1.79. The van der Waals surface area contributed by atoms with Gasteiger partial charge in [-0.2, -0.15) is 0 Å². The molecule has 0 atom stereocenters. The Morgan fingerprint density at radius 1 is 0.228 bits per heavy atom. The lowest BCUT2D eigenvalue weighted by atomic mass is 9.85. The van der Waals surface area contributed by atoms with Gasteiger partial charge in [0, 0.05) is 10.9 Å². The smallest absolute Gasteiger partial charge is 0.135 e. The molecular weight excluding hydrogens is 689 g/mol. The average Bonchev–Trinajstić information content (AvgIpc) is 3.29. The Balaban J connectivity index is 1.05. The fourth-order valence-electron chi connectivity index (χ4n) is 9.36. The fourth-order valence-corrected chi connectivity index (χ4v) is 9.36. The van der Waals surface area contributed by atoms with Crippen molar-refractivity contribution in [1.29, 1.82) is 0 Å². The molecule has 1 heteroatoms. The van der Waals surface area contributed by atoms with Crippen LogP contribution in [-0.4, -0.2) is 0 Å². The van der Waals surface area contributed by atoms with Crippen LogP contribution in [0.5, 0.6) is 11.5 Å². The Bertz CT molecular complexity index is 3330. The number of fused-ring (bicyclic) bond motifs is 2. The van der Waals surface area contributed by atoms with E-state index < -0.39 is 0 Å². The topological polar surface area (TPSA) is 9.23 Å². The van der Waals surface area contributed by atoms with Crippen LogP contribution in [0.1, 0.15) is 0 Å². The molecule has 1 heterocycles. The van der Waals surface area contributed by atoms with Crippen LogP contribution in [0.2, 0.25) is 0 Å². The van der Waals surface area contributed by atoms with Gasteiger partial charge in [0.15, 0.2) is 0 Å². The van der Waals surface area contributed by atoms with E-state index in [0.717, 1.165) is 22.4 Å². The van der Waals surface area contributed by atoms with Gasteiger partial charge in [-0.25, -0.2) is 0 Å². The van der Waals surface area contributed by atoms with E-state index in [0.29, 0.717) is 0 Å². The normalized spacial score (nSPS) is 12.0. The van der Waals surface area contributed by atoms with E-state index >= 15 is 0 Å². The molecule has 0 N–H and O–H groups in total. The predicted octanol–water partition coefficient (Wildman–Crippen LogP) is 15.8. The quantitative estimate of drug-likeness (QED) is 0.161. The maximum absolute atomic E-state index is 6.63. The van der Waals surface area contributed by atoms with Gasteiger partial charge < -0.3 is 4.74 Å². The standard InChI is InChI=1S/C56H34O/c1-4-11-35(12-5-1)39-24-29-52-51(33-39)48-18-10-17-47-46(28-30-53(57-52)56(47)48)40-22-26-45(37-15-8-3-9-16-37)50(34-40)43-31-41-20-19-38-21-25-44(36-13-6-2-7-14-36)49-27-23-42(32-43)54(41)55(38)49/h1-34H. The highest BCUT2D eigenvalue weighted by molar-refractivity contribution is 6.26. The fraction of sp³-hybridized carbons (Fsp3) is 0. The molecule has 0 bridgehead atoms. The Morgan fingerprint density at radius 3 is 1.56 bits per heavy atom. The second kappa shape index (κ2) is 12.5. The summed E-state index contributed by atoms with van der Waals surface area (Å²) >= 11 is 0. The molecule has 1 aliphatic heterocycles. The highest BCUT2D eigenvalue weighted by Crippen LogP contribution is 2.50. The molecule has 0 fully saturated rings. The first-order valence-electron chi connectivity index (χ1n) is 19.7. The second-order valence-electron chi connectivity index (χ2n) is 15.2. The highest BCUT2D eigenvalue weighted by Gasteiger charge is 2.23. The van der Waals surface area contributed by atoms with Gasteiger partial charge in [0.2, 0.25) is 0 Å². The van der Waals surface area contributed by atoms with Crippen molar-refractivity contribution >= 4 is 43.1 Å². The molecule has 0 aliphatic carbocycles. The minimum atomic E-state index is 0.891. The molecular formula is C56H34O. The van der Waals surface area contributed by atoms with Crippen LogP contribution in [0, 0.1) is 0 Å². The van der Waals surface area contributed by atoms with Gasteiger partial charge in [0.1, 0.15) is 11.5 Å². The molecule has 1 nitrogen and oxygen atoms in total. The van der Waals surface area contributed by atoms with E-state index in [1.165, 1.54) is 98.9 Å². The molecule has 57 heavy (non-hydrogen) atoms. The number of ether oxygens (including phenoxy) is 1. The van der Waals surface area contributed by atoms with Crippen molar-refractivity contribution < 1.29 is 4.74 Å². The van der Waals surface area contributed by atoms with Gasteiger partial charge in [-0.1, -0.05) is 170 Å². The Labute approximate surface area is 331 Å². The molecule has 0 saturated carbocycles. The van der Waals surface area contributed by atoms with Crippen molar-refractivity contribution in [3.8, 4) is 78.3 Å². The highest BCUT2D eigenvalue weighted by atomic mass is 16.5. The Morgan fingerprint density at radius 2 is 0.789 bits per heavy atom. The monoisotopic (exact) mass is 722 g/mol. The van der Waals surface area contributed by atoms with Crippen LogP contribution in [0.15, 0.2) is 206 Å². The zero-order valence-electron chi connectivity index (χ0n) is 31.0. The van der Waals surface area contributed by atoms with Crippen LogP contribution in [0.3, 0.4) is 0 Å². The summed E-state index contributed by atoms with van der Waals surface area (Å²) in [5, 5.41) is 10.1. The summed E-state index contributed by atoms with van der Waals surface area (Å²) < 4.78 is 6.63. The summed E-state index contributed by atoms with van der Waals surface area (Å²) in [5.41, 5.74) is 14.4. The van der Waals surface area contributed by atoms with Gasteiger partial charge in [-0.15, -0.1) is 0 Å². The van der Waals surface area contributed by atoms with Crippen LogP contribution in [0.4, 0.5) is 0 Å². The van der Waals surface area contributed by atoms with Crippen molar-refractivity contribution in [2.24, 2.45) is 0 Å². The van der Waals surface area contributed by atoms with E-state index in [1.54, 1.807) is 0 Å². The molecule has 0 aromatic heterocycles. The minimum absolute atomic E-state index is 0.891. The van der Waals surface area contributed by atoms with Crippen molar-refractivity contribution in [3.63, 3.8) is 0 Å². The van der Waals surface area contributed by atoms with Gasteiger partial charge in [-0.05, 0) is 135 Å². The van der Waals surface area contributed by atoms with Crippen LogP contribution < -0.4 is 4.74 Å². The van der Waals surface area contributed by atoms with E-state index in [2.05, 4.69) is 206 Å². The van der Waals surface area contributed by atoms with E-state index in [-0.39, 0.29) is 0 Å². The number of hydrogen-bond acceptors (Lipinski definition) is 1. The summed E-state index contributed by atoms with van der Waals surface area (Å²) in [7, 11) is 0. The minimum Gasteiger partial charge on any atom is -0.456 e. The predicted molar refractivity (Wildman–Crippen MR) is 240 cm³/mol.